The highest BCUT2D eigenvalue weighted by atomic mass is 35.5. The molecular weight excluding hydrogens is 612 g/mol. The van der Waals surface area contributed by atoms with E-state index in [1.54, 1.807) is 13.8 Å². The number of nitrogens with zero attached hydrogens (tertiary/aromatic N) is 1. The smallest absolute Gasteiger partial charge is 0.179 e. The Morgan fingerprint density at radius 3 is 2.57 bits per heavy atom. The number of fused-ring (bicyclic) bond motifs is 1. The highest BCUT2D eigenvalue weighted by molar-refractivity contribution is 7.91. The Morgan fingerprint density at radius 2 is 1.95 bits per heavy atom. The van der Waals surface area contributed by atoms with Gasteiger partial charge in [0.15, 0.2) is 25.4 Å². The molecule has 0 saturated carbocycles. The highest BCUT2D eigenvalue weighted by Gasteiger charge is 2.56. The molecule has 42 heavy (non-hydrogen) atoms. The van der Waals surface area contributed by atoms with Gasteiger partial charge >= 0.3 is 0 Å². The fourth-order valence-corrected chi connectivity index (χ4v) is 9.82. The lowest BCUT2D eigenvalue weighted by Crippen LogP contribution is -2.55. The summed E-state index contributed by atoms with van der Waals surface area (Å²) in [5.41, 5.74) is -0.960. The molecule has 4 rings (SSSR count). The van der Waals surface area contributed by atoms with Crippen molar-refractivity contribution in [3.8, 4) is 0 Å². The van der Waals surface area contributed by atoms with E-state index in [9.17, 15) is 26.3 Å². The summed E-state index contributed by atoms with van der Waals surface area (Å²) in [5, 5.41) is 10.1. The van der Waals surface area contributed by atoms with Crippen LogP contribution in [-0.4, -0.2) is 89.2 Å². The van der Waals surface area contributed by atoms with Crippen molar-refractivity contribution >= 4 is 31.3 Å². The van der Waals surface area contributed by atoms with Crippen molar-refractivity contribution in [1.82, 2.24) is 4.90 Å². The van der Waals surface area contributed by atoms with Crippen LogP contribution in [0.15, 0.2) is 46.1 Å². The van der Waals surface area contributed by atoms with E-state index >= 15 is 4.39 Å². The Bertz CT molecular complexity index is 1440. The summed E-state index contributed by atoms with van der Waals surface area (Å²) in [7, 11) is -7.57. The molecule has 3 aliphatic heterocycles. The predicted octanol–water partition coefficient (Wildman–Crippen LogP) is 4.55. The third-order valence-corrected chi connectivity index (χ3v) is 12.6. The maximum atomic E-state index is 15.7. The highest BCUT2D eigenvalue weighted by Crippen LogP contribution is 2.55. The summed E-state index contributed by atoms with van der Waals surface area (Å²) in [6.45, 7) is 5.66. The molecule has 3 saturated heterocycles. The van der Waals surface area contributed by atoms with Gasteiger partial charge in [0, 0.05) is 48.2 Å². The van der Waals surface area contributed by atoms with E-state index in [0.717, 1.165) is 6.92 Å². The fraction of sp³-hybridized carbons (Fsp3) is 0.655. The number of β-amino-alcohol motifs (C(OH)–C–C–N with tert-alkyl or cyclic N) is 1. The Kier molecular flexibility index (Phi) is 10.5. The summed E-state index contributed by atoms with van der Waals surface area (Å²) < 4.78 is 96.1. The van der Waals surface area contributed by atoms with Crippen molar-refractivity contribution in [1.29, 1.82) is 0 Å². The van der Waals surface area contributed by atoms with Gasteiger partial charge in [-0.25, -0.2) is 25.6 Å². The van der Waals surface area contributed by atoms with Crippen molar-refractivity contribution in [2.75, 3.05) is 50.1 Å². The lowest BCUT2D eigenvalue weighted by Gasteiger charge is -2.52. The first-order valence-corrected chi connectivity index (χ1v) is 18.1. The molecule has 8 nitrogen and oxygen atoms in total. The summed E-state index contributed by atoms with van der Waals surface area (Å²) in [6.07, 6.45) is -0.562. The fourth-order valence-electron chi connectivity index (χ4n) is 6.39. The molecule has 13 heteroatoms. The number of ether oxygens (including phenoxy) is 2. The van der Waals surface area contributed by atoms with E-state index in [2.05, 4.69) is 0 Å². The molecule has 0 bridgehead atoms. The second kappa shape index (κ2) is 13.2. The molecule has 3 aliphatic rings. The number of rotatable bonds is 10. The molecular formula is C29H40ClF2NO7S2. The molecule has 3 heterocycles. The third-order valence-electron chi connectivity index (χ3n) is 8.68. The Hall–Kier alpha value is -1.57. The zero-order valence-electron chi connectivity index (χ0n) is 24.2. The second-order valence-corrected chi connectivity index (χ2v) is 16.3. The van der Waals surface area contributed by atoms with Gasteiger partial charge in [0.05, 0.1) is 41.0 Å². The van der Waals surface area contributed by atoms with E-state index in [0.29, 0.717) is 36.6 Å². The molecule has 4 atom stereocenters. The van der Waals surface area contributed by atoms with Crippen LogP contribution in [-0.2, 0) is 29.1 Å². The average Bonchev–Trinajstić information content (AvgIpc) is 3.35. The van der Waals surface area contributed by atoms with Gasteiger partial charge in [0.25, 0.3) is 0 Å². The van der Waals surface area contributed by atoms with Gasteiger partial charge in [-0.05, 0) is 63.3 Å². The van der Waals surface area contributed by atoms with Crippen LogP contribution in [0.4, 0.5) is 8.78 Å². The number of aliphatic hydroxyl groups excluding tert-OH is 1. The van der Waals surface area contributed by atoms with Crippen LogP contribution in [0.1, 0.15) is 45.1 Å². The van der Waals surface area contributed by atoms with Gasteiger partial charge in [-0.2, -0.15) is 0 Å². The van der Waals surface area contributed by atoms with Gasteiger partial charge in [-0.1, -0.05) is 18.5 Å². The van der Waals surface area contributed by atoms with Crippen molar-refractivity contribution < 1.29 is 40.2 Å². The Balaban J connectivity index is 1.67. The molecule has 0 radical (unpaired) electrons. The maximum Gasteiger partial charge on any atom is 0.179 e. The average molecular weight is 652 g/mol. The number of likely N-dealkylation sites (tertiary alicyclic amines) is 1. The van der Waals surface area contributed by atoms with Crippen LogP contribution in [0.3, 0.4) is 0 Å². The standard InChI is InChI=1S/C29H40ClF2NO7S2/c1-4-25(32)27-28(20(3)31)40-17-23-26(8-13-41(35,36)14-11-33-10-7-21(34)16-33)39-12-9-29(23,27)18-42(37,38)22-5-6-24(30)19(2)15-22/h5-6,15,21,23,26,34H,4,7-14,16-18H2,1-3H3. The molecule has 0 spiro atoms. The molecule has 4 unspecified atom stereocenters. The second-order valence-electron chi connectivity index (χ2n) is 11.6. The molecule has 0 amide bonds. The summed E-state index contributed by atoms with van der Waals surface area (Å²) in [4.78, 5) is 1.92. The number of sulfone groups is 2. The van der Waals surface area contributed by atoms with Crippen LogP contribution in [0.2, 0.25) is 5.02 Å². The molecule has 3 fully saturated rings. The number of hydrogen-bond acceptors (Lipinski definition) is 8. The van der Waals surface area contributed by atoms with Crippen molar-refractivity contribution in [3.63, 3.8) is 0 Å². The lowest BCUT2D eigenvalue weighted by molar-refractivity contribution is -0.117. The van der Waals surface area contributed by atoms with Crippen molar-refractivity contribution in [2.45, 2.75) is 63.6 Å². The molecule has 1 N–H and O–H groups in total. The molecule has 1 aromatic rings. The van der Waals surface area contributed by atoms with E-state index in [1.165, 1.54) is 18.2 Å². The van der Waals surface area contributed by atoms with Crippen LogP contribution in [0.5, 0.6) is 0 Å². The monoisotopic (exact) mass is 651 g/mol. The van der Waals surface area contributed by atoms with E-state index in [1.807, 2.05) is 4.90 Å². The normalized spacial score (nSPS) is 29.6. The van der Waals surface area contributed by atoms with Crippen molar-refractivity contribution in [3.05, 3.63) is 51.8 Å². The van der Waals surface area contributed by atoms with Gasteiger partial charge in [-0.15, -0.1) is 0 Å². The predicted molar refractivity (Wildman–Crippen MR) is 157 cm³/mol. The van der Waals surface area contributed by atoms with E-state index < -0.39 is 60.6 Å². The summed E-state index contributed by atoms with van der Waals surface area (Å²) in [5.74, 6) is -3.31. The van der Waals surface area contributed by atoms with Gasteiger partial charge in [0.1, 0.15) is 11.7 Å². The minimum absolute atomic E-state index is 0.0143. The quantitative estimate of drug-likeness (QED) is 0.393. The van der Waals surface area contributed by atoms with Crippen LogP contribution in [0.25, 0.3) is 0 Å². The largest absolute Gasteiger partial charge is 0.490 e. The lowest BCUT2D eigenvalue weighted by atomic mass is 9.63. The number of hydrogen-bond donors (Lipinski definition) is 1. The van der Waals surface area contributed by atoms with Crippen molar-refractivity contribution in [2.24, 2.45) is 11.3 Å². The summed E-state index contributed by atoms with van der Waals surface area (Å²) >= 11 is 6.13. The first kappa shape index (κ1) is 33.3. The zero-order chi connectivity index (χ0) is 30.9. The van der Waals surface area contributed by atoms with Gasteiger partial charge in [0.2, 0.25) is 0 Å². The van der Waals surface area contributed by atoms with Crippen LogP contribution >= 0.6 is 11.6 Å². The molecule has 0 aromatic heterocycles. The van der Waals surface area contributed by atoms with E-state index in [4.69, 9.17) is 21.1 Å². The first-order valence-electron chi connectivity index (χ1n) is 14.3. The first-order chi connectivity index (χ1) is 19.7. The molecule has 236 valence electrons. The number of aliphatic hydroxyl groups is 1. The van der Waals surface area contributed by atoms with Gasteiger partial charge in [-0.3, -0.25) is 4.90 Å². The third kappa shape index (κ3) is 7.21. The molecule has 0 aliphatic carbocycles. The zero-order valence-corrected chi connectivity index (χ0v) is 26.6. The number of allylic oxidation sites excluding steroid dienone is 3. The van der Waals surface area contributed by atoms with Gasteiger partial charge < -0.3 is 14.6 Å². The number of halogens is 3. The number of aryl methyl sites for hydroxylation is 1. The summed E-state index contributed by atoms with van der Waals surface area (Å²) in [6, 6.07) is 4.35. The topological polar surface area (TPSA) is 110 Å². The Labute approximate surface area is 252 Å². The number of benzene rings is 1. The van der Waals surface area contributed by atoms with Crippen LogP contribution < -0.4 is 0 Å². The molecule has 1 aromatic carbocycles. The van der Waals surface area contributed by atoms with Crippen LogP contribution in [0, 0.1) is 18.3 Å². The minimum Gasteiger partial charge on any atom is -0.490 e. The Morgan fingerprint density at radius 1 is 1.21 bits per heavy atom. The van der Waals surface area contributed by atoms with E-state index in [-0.39, 0.29) is 60.2 Å². The minimum atomic E-state index is -4.05. The maximum absolute atomic E-state index is 15.7. The SMILES string of the molecule is CCC(F)=C1C(=C(C)F)OCC2C(CCS(=O)(=O)CCN3CCC(O)C3)OCCC12CS(=O)(=O)c1ccc(Cl)c(C)c1.